The second kappa shape index (κ2) is 4.88. The lowest BCUT2D eigenvalue weighted by atomic mass is 9.86. The Morgan fingerprint density at radius 3 is 2.53 bits per heavy atom. The van der Waals surface area contributed by atoms with E-state index in [1.807, 2.05) is 0 Å². The predicted molar refractivity (Wildman–Crippen MR) is 51.6 cm³/mol. The third-order valence-electron chi connectivity index (χ3n) is 2.75. The second-order valence-electron chi connectivity index (χ2n) is 4.22. The molecular weight excluding hydrogens is 204 g/mol. The van der Waals surface area contributed by atoms with Crippen LogP contribution in [-0.4, -0.2) is 29.6 Å². The van der Waals surface area contributed by atoms with Crippen LogP contribution in [0.15, 0.2) is 0 Å². The monoisotopic (exact) mass is 221 g/mol. The van der Waals surface area contributed by atoms with E-state index in [2.05, 4.69) is 5.32 Å². The van der Waals surface area contributed by atoms with Gasteiger partial charge < -0.3 is 10.4 Å². The van der Waals surface area contributed by atoms with E-state index in [0.29, 0.717) is 0 Å². The van der Waals surface area contributed by atoms with Gasteiger partial charge >= 0.3 is 0 Å². The van der Waals surface area contributed by atoms with Crippen LogP contribution >= 0.6 is 0 Å². The molecule has 0 spiro atoms. The van der Waals surface area contributed by atoms with Gasteiger partial charge in [-0.2, -0.15) is 0 Å². The summed E-state index contributed by atoms with van der Waals surface area (Å²) in [4.78, 5) is 11.5. The molecule has 0 saturated heterocycles. The van der Waals surface area contributed by atoms with Crippen molar-refractivity contribution in [2.75, 3.05) is 6.61 Å². The minimum absolute atomic E-state index is 0.130. The SMILES string of the molecule is C[C@@H](CO)NC(=O)C1CCC(F)(F)CC1. The number of carbonyl (C=O) groups is 1. The fourth-order valence-corrected chi connectivity index (χ4v) is 1.71. The molecule has 88 valence electrons. The zero-order chi connectivity index (χ0) is 11.5. The number of nitrogens with one attached hydrogen (secondary N) is 1. The lowest BCUT2D eigenvalue weighted by Crippen LogP contribution is -2.41. The van der Waals surface area contributed by atoms with Gasteiger partial charge in [-0.3, -0.25) is 4.79 Å². The highest BCUT2D eigenvalue weighted by atomic mass is 19.3. The third kappa shape index (κ3) is 3.74. The smallest absolute Gasteiger partial charge is 0.248 e. The summed E-state index contributed by atoms with van der Waals surface area (Å²) in [6, 6.07) is -0.306. The Labute approximate surface area is 87.9 Å². The fourth-order valence-electron chi connectivity index (χ4n) is 1.71. The first-order valence-corrected chi connectivity index (χ1v) is 5.23. The summed E-state index contributed by atoms with van der Waals surface area (Å²) < 4.78 is 25.6. The van der Waals surface area contributed by atoms with Gasteiger partial charge in [-0.1, -0.05) is 0 Å². The Morgan fingerprint density at radius 1 is 1.53 bits per heavy atom. The van der Waals surface area contributed by atoms with Crippen molar-refractivity contribution >= 4 is 5.91 Å². The van der Waals surface area contributed by atoms with Crippen LogP contribution in [0, 0.1) is 5.92 Å². The molecule has 1 amide bonds. The molecule has 0 unspecified atom stereocenters. The first kappa shape index (κ1) is 12.4. The number of carbonyl (C=O) groups excluding carboxylic acids is 1. The van der Waals surface area contributed by atoms with Crippen molar-refractivity contribution in [1.82, 2.24) is 5.32 Å². The lowest BCUT2D eigenvalue weighted by molar-refractivity contribution is -0.130. The van der Waals surface area contributed by atoms with Crippen molar-refractivity contribution in [1.29, 1.82) is 0 Å². The second-order valence-corrected chi connectivity index (χ2v) is 4.22. The molecule has 1 aliphatic carbocycles. The molecule has 0 aromatic heterocycles. The molecule has 1 saturated carbocycles. The Bertz CT molecular complexity index is 223. The van der Waals surface area contributed by atoms with Crippen molar-refractivity contribution in [2.45, 2.75) is 44.6 Å². The van der Waals surface area contributed by atoms with Crippen LogP contribution < -0.4 is 5.32 Å². The summed E-state index contributed by atoms with van der Waals surface area (Å²) in [6.45, 7) is 1.55. The van der Waals surface area contributed by atoms with E-state index in [0.717, 1.165) is 0 Å². The topological polar surface area (TPSA) is 49.3 Å². The molecular formula is C10H17F2NO2. The number of hydrogen-bond donors (Lipinski definition) is 2. The first-order valence-electron chi connectivity index (χ1n) is 5.23. The molecule has 1 fully saturated rings. The average molecular weight is 221 g/mol. The normalized spacial score (nSPS) is 23.5. The van der Waals surface area contributed by atoms with Gasteiger partial charge in [0, 0.05) is 24.8 Å². The number of aliphatic hydroxyl groups excluding tert-OH is 1. The molecule has 3 nitrogen and oxygen atoms in total. The summed E-state index contributed by atoms with van der Waals surface area (Å²) in [5.41, 5.74) is 0. The molecule has 0 bridgehead atoms. The maximum atomic E-state index is 12.8. The van der Waals surface area contributed by atoms with E-state index < -0.39 is 5.92 Å². The number of aliphatic hydroxyl groups is 1. The van der Waals surface area contributed by atoms with E-state index in [1.165, 1.54) is 0 Å². The van der Waals surface area contributed by atoms with E-state index in [-0.39, 0.29) is 50.2 Å². The summed E-state index contributed by atoms with van der Waals surface area (Å²) in [5.74, 6) is -3.13. The number of halogens is 2. The molecule has 0 aromatic carbocycles. The summed E-state index contributed by atoms with van der Waals surface area (Å²) in [5, 5.41) is 11.3. The first-order chi connectivity index (χ1) is 6.94. The standard InChI is InChI=1S/C10H17F2NO2/c1-7(6-14)13-9(15)8-2-4-10(11,12)5-3-8/h7-8,14H,2-6H2,1H3,(H,13,15)/t7-/m0/s1. The quantitative estimate of drug-likeness (QED) is 0.755. The molecule has 1 rings (SSSR count). The Morgan fingerprint density at radius 2 is 2.07 bits per heavy atom. The molecule has 1 atom stereocenters. The zero-order valence-corrected chi connectivity index (χ0v) is 8.80. The zero-order valence-electron chi connectivity index (χ0n) is 8.80. The molecule has 5 heteroatoms. The van der Waals surface area contributed by atoms with E-state index in [4.69, 9.17) is 5.11 Å². The highest BCUT2D eigenvalue weighted by molar-refractivity contribution is 5.79. The highest BCUT2D eigenvalue weighted by Crippen LogP contribution is 2.36. The van der Waals surface area contributed by atoms with E-state index >= 15 is 0 Å². The van der Waals surface area contributed by atoms with Crippen molar-refractivity contribution < 1.29 is 18.7 Å². The van der Waals surface area contributed by atoms with Crippen molar-refractivity contribution in [3.8, 4) is 0 Å². The van der Waals surface area contributed by atoms with Crippen LogP contribution in [-0.2, 0) is 4.79 Å². The van der Waals surface area contributed by atoms with Gasteiger partial charge in [-0.25, -0.2) is 8.78 Å². The largest absolute Gasteiger partial charge is 0.394 e. The molecule has 0 aromatic rings. The number of alkyl halides is 2. The van der Waals surface area contributed by atoms with Gasteiger partial charge in [0.1, 0.15) is 0 Å². The minimum Gasteiger partial charge on any atom is -0.394 e. The van der Waals surface area contributed by atoms with Crippen LogP contribution in [0.25, 0.3) is 0 Å². The molecule has 0 heterocycles. The summed E-state index contributed by atoms with van der Waals surface area (Å²) in [7, 11) is 0. The van der Waals surface area contributed by atoms with Gasteiger partial charge in [0.2, 0.25) is 11.8 Å². The lowest BCUT2D eigenvalue weighted by Gasteiger charge is -2.28. The van der Waals surface area contributed by atoms with Crippen LogP contribution in [0.5, 0.6) is 0 Å². The van der Waals surface area contributed by atoms with E-state index in [1.54, 1.807) is 6.92 Å². The molecule has 2 N–H and O–H groups in total. The number of hydrogen-bond acceptors (Lipinski definition) is 2. The number of rotatable bonds is 3. The molecule has 15 heavy (non-hydrogen) atoms. The van der Waals surface area contributed by atoms with Crippen molar-refractivity contribution in [2.24, 2.45) is 5.92 Å². The van der Waals surface area contributed by atoms with E-state index in [9.17, 15) is 13.6 Å². The highest BCUT2D eigenvalue weighted by Gasteiger charge is 2.37. The summed E-state index contributed by atoms with van der Waals surface area (Å²) in [6.07, 6.45) is 0.0468. The third-order valence-corrected chi connectivity index (χ3v) is 2.75. The van der Waals surface area contributed by atoms with Crippen LogP contribution in [0.3, 0.4) is 0 Å². The number of amides is 1. The Balaban J connectivity index is 2.36. The molecule has 1 aliphatic rings. The van der Waals surface area contributed by atoms with Gasteiger partial charge in [-0.15, -0.1) is 0 Å². The Kier molecular flexibility index (Phi) is 4.02. The summed E-state index contributed by atoms with van der Waals surface area (Å²) >= 11 is 0. The van der Waals surface area contributed by atoms with Gasteiger partial charge in [0.15, 0.2) is 0 Å². The fraction of sp³-hybridized carbons (Fsp3) is 0.900. The average Bonchev–Trinajstić information content (AvgIpc) is 2.17. The minimum atomic E-state index is -2.60. The van der Waals surface area contributed by atoms with Crippen molar-refractivity contribution in [3.63, 3.8) is 0 Å². The van der Waals surface area contributed by atoms with Crippen LogP contribution in [0.4, 0.5) is 8.78 Å². The Hall–Kier alpha value is -0.710. The van der Waals surface area contributed by atoms with Gasteiger partial charge in [0.25, 0.3) is 0 Å². The molecule has 0 aliphatic heterocycles. The predicted octanol–water partition coefficient (Wildman–Crippen LogP) is 1.31. The maximum Gasteiger partial charge on any atom is 0.248 e. The molecule has 0 radical (unpaired) electrons. The van der Waals surface area contributed by atoms with Crippen LogP contribution in [0.2, 0.25) is 0 Å². The van der Waals surface area contributed by atoms with Crippen LogP contribution in [0.1, 0.15) is 32.6 Å². The van der Waals surface area contributed by atoms with Gasteiger partial charge in [0.05, 0.1) is 6.61 Å². The van der Waals surface area contributed by atoms with Gasteiger partial charge in [-0.05, 0) is 19.8 Å². The van der Waals surface area contributed by atoms with Crippen molar-refractivity contribution in [3.05, 3.63) is 0 Å². The maximum absolute atomic E-state index is 12.8.